The number of phosphoric ester groups is 1. The van der Waals surface area contributed by atoms with Crippen molar-refractivity contribution in [3.63, 3.8) is 0 Å². The number of carbonyl (C=O) groups is 18. The van der Waals surface area contributed by atoms with Crippen LogP contribution in [-0.2, 0) is 185 Å². The van der Waals surface area contributed by atoms with Gasteiger partial charge in [-0.05, 0) is 89.9 Å². The molecule has 0 aromatic carbocycles. The molecule has 48 heteroatoms. The van der Waals surface area contributed by atoms with Gasteiger partial charge in [0, 0.05) is 215 Å². The summed E-state index contributed by atoms with van der Waals surface area (Å²) in [7, 11) is -4.41. The van der Waals surface area contributed by atoms with Crippen LogP contribution in [0.2, 0.25) is 0 Å². The summed E-state index contributed by atoms with van der Waals surface area (Å²) < 4.78 is 125. The van der Waals surface area contributed by atoms with Gasteiger partial charge in [0.1, 0.15) is 68.0 Å². The van der Waals surface area contributed by atoms with Crippen molar-refractivity contribution in [3.05, 3.63) is 0 Å². The SMILES string of the molecule is CC(=O)OC[C@H]1O[C@@H](OCCCCC(=O)NCCCNC(=O)CCOCC(COCCC(=O)NCCCNC(=O)CCCCO[C@@H]2O[C@H](COC(C)=O)[C@H](OC(C)=O)[C@H](OC(C)=O)[C@H]2C)(COCCC(=O)NCCCNC(=O)CCCCO[C@@H]2O[C@H](COC(C)=O)[C@H](OC(C)=O)[C@H](OC(C)=O)[C@H]2C)CC(=O)CCCC(=O)CCCCOP(=O)(O)OCCCCCC(=O)O)[C@H](C)[C@@H](OC(C)=O)[C@H]1OC(C)=O. The van der Waals surface area contributed by atoms with Gasteiger partial charge in [-0.2, -0.15) is 0 Å². The van der Waals surface area contributed by atoms with Gasteiger partial charge in [0.25, 0.3) is 0 Å². The van der Waals surface area contributed by atoms with Crippen molar-refractivity contribution in [1.82, 2.24) is 31.9 Å². The van der Waals surface area contributed by atoms with Crippen molar-refractivity contribution in [2.24, 2.45) is 23.2 Å². The third-order valence-electron chi connectivity index (χ3n) is 21.8. The van der Waals surface area contributed by atoms with E-state index in [0.29, 0.717) is 77.0 Å². The van der Waals surface area contributed by atoms with Crippen LogP contribution in [0.15, 0.2) is 0 Å². The molecule has 3 saturated heterocycles. The predicted molar refractivity (Wildman–Crippen MR) is 487 cm³/mol. The molecule has 6 amide bonds. The van der Waals surface area contributed by atoms with Gasteiger partial charge >= 0.3 is 67.5 Å². The second kappa shape index (κ2) is 71.1. The Hall–Kier alpha value is -9.39. The number of aliphatic carboxylic acids is 1. The number of Topliss-reactive ketones (excluding diaryl/α,β-unsaturated/α-hetero) is 2. The largest absolute Gasteiger partial charge is 0.481 e. The van der Waals surface area contributed by atoms with Crippen molar-refractivity contribution in [1.29, 1.82) is 0 Å². The number of amides is 6. The van der Waals surface area contributed by atoms with Crippen LogP contribution in [0.5, 0.6) is 0 Å². The number of nitrogens with one attached hydrogen (secondary N) is 6. The number of phosphoric acid groups is 1. The maximum atomic E-state index is 14.2. The van der Waals surface area contributed by atoms with Crippen molar-refractivity contribution in [2.75, 3.05) is 132 Å². The van der Waals surface area contributed by atoms with E-state index in [1.54, 1.807) is 20.8 Å². The lowest BCUT2D eigenvalue weighted by Crippen LogP contribution is -2.58. The first-order valence-corrected chi connectivity index (χ1v) is 49.4. The van der Waals surface area contributed by atoms with E-state index in [0.717, 1.165) is 0 Å². The van der Waals surface area contributed by atoms with E-state index in [1.807, 2.05) is 0 Å². The Morgan fingerprint density at radius 3 is 0.843 bits per heavy atom. The van der Waals surface area contributed by atoms with Crippen molar-refractivity contribution in [2.45, 2.75) is 324 Å². The molecule has 140 heavy (non-hydrogen) atoms. The highest BCUT2D eigenvalue weighted by Crippen LogP contribution is 2.44. The summed E-state index contributed by atoms with van der Waals surface area (Å²) >= 11 is 0. The van der Waals surface area contributed by atoms with Crippen LogP contribution in [0.25, 0.3) is 0 Å². The minimum absolute atomic E-state index is 0.00596. The summed E-state index contributed by atoms with van der Waals surface area (Å²) in [5.74, 6) is -11.2. The van der Waals surface area contributed by atoms with Gasteiger partial charge in [0.15, 0.2) is 37.2 Å². The highest BCUT2D eigenvalue weighted by Gasteiger charge is 2.52. The Balaban J connectivity index is 1.68. The van der Waals surface area contributed by atoms with Crippen LogP contribution in [0, 0.1) is 23.2 Å². The van der Waals surface area contributed by atoms with Crippen LogP contribution in [0.3, 0.4) is 0 Å². The fraction of sp³-hybridized carbons (Fsp3) is 0.804. The van der Waals surface area contributed by atoms with E-state index in [4.69, 9.17) is 99.4 Å². The molecule has 3 heterocycles. The topological polar surface area (TPSA) is 622 Å². The number of carboxylic acids is 1. The average molecular weight is 2030 g/mol. The molecular weight excluding hydrogens is 1880 g/mol. The highest BCUT2D eigenvalue weighted by molar-refractivity contribution is 7.47. The monoisotopic (exact) mass is 2030 g/mol. The molecule has 0 aliphatic carbocycles. The molecule has 3 aliphatic rings. The number of hydrogen-bond donors (Lipinski definition) is 8. The van der Waals surface area contributed by atoms with Crippen LogP contribution >= 0.6 is 7.82 Å². The quantitative estimate of drug-likeness (QED) is 0.0178. The first-order chi connectivity index (χ1) is 66.5. The third-order valence-corrected chi connectivity index (χ3v) is 22.8. The van der Waals surface area contributed by atoms with E-state index in [-0.39, 0.29) is 251 Å². The van der Waals surface area contributed by atoms with Crippen LogP contribution < -0.4 is 31.9 Å². The number of rotatable bonds is 76. The van der Waals surface area contributed by atoms with E-state index in [2.05, 4.69) is 31.9 Å². The lowest BCUT2D eigenvalue weighted by Gasteiger charge is -2.43. The normalized spacial score (nSPS) is 21.5. The molecule has 0 saturated carbocycles. The summed E-state index contributed by atoms with van der Waals surface area (Å²) in [6, 6.07) is 0. The van der Waals surface area contributed by atoms with Gasteiger partial charge in [-0.1, -0.05) is 27.2 Å². The van der Waals surface area contributed by atoms with E-state index >= 15 is 0 Å². The zero-order valence-corrected chi connectivity index (χ0v) is 83.8. The summed E-state index contributed by atoms with van der Waals surface area (Å²) in [6.45, 7) is 14.6. The molecule has 1 unspecified atom stereocenters. The maximum absolute atomic E-state index is 14.2. The lowest BCUT2D eigenvalue weighted by atomic mass is 9.83. The van der Waals surface area contributed by atoms with E-state index < -0.39 is 182 Å². The third kappa shape index (κ3) is 57.0. The molecule has 800 valence electrons. The Labute approximate surface area is 817 Å². The molecule has 3 rings (SSSR count). The van der Waals surface area contributed by atoms with Crippen LogP contribution in [-0.4, -0.2) is 322 Å². The Morgan fingerprint density at radius 2 is 0.550 bits per heavy atom. The summed E-state index contributed by atoms with van der Waals surface area (Å²) in [5.41, 5.74) is -1.34. The van der Waals surface area contributed by atoms with Gasteiger partial charge in [-0.15, -0.1) is 0 Å². The molecule has 47 nitrogen and oxygen atoms in total. The second-order valence-corrected chi connectivity index (χ2v) is 36.0. The Kier molecular flexibility index (Phi) is 63.4. The molecule has 0 aromatic heterocycles. The second-order valence-electron chi connectivity index (χ2n) is 34.5. The maximum Gasteiger partial charge on any atom is 0.472 e. The minimum atomic E-state index is -4.41. The van der Waals surface area contributed by atoms with Gasteiger partial charge in [0.2, 0.25) is 35.4 Å². The first-order valence-electron chi connectivity index (χ1n) is 47.9. The van der Waals surface area contributed by atoms with Gasteiger partial charge in [-0.25, -0.2) is 4.57 Å². The molecule has 0 bridgehead atoms. The minimum Gasteiger partial charge on any atom is -0.481 e. The van der Waals surface area contributed by atoms with E-state index in [9.17, 15) is 95.8 Å². The fourth-order valence-corrected chi connectivity index (χ4v) is 15.6. The highest BCUT2D eigenvalue weighted by atomic mass is 31.2. The smallest absolute Gasteiger partial charge is 0.472 e. The molecule has 3 fully saturated rings. The number of carbonyl (C=O) groups excluding carboxylic acids is 17. The lowest BCUT2D eigenvalue weighted by molar-refractivity contribution is -0.288. The van der Waals surface area contributed by atoms with Crippen LogP contribution in [0.4, 0.5) is 0 Å². The Morgan fingerprint density at radius 1 is 0.293 bits per heavy atom. The van der Waals surface area contributed by atoms with E-state index in [1.165, 1.54) is 62.3 Å². The molecule has 16 atom stereocenters. The first kappa shape index (κ1) is 125. The van der Waals surface area contributed by atoms with Crippen LogP contribution in [0.1, 0.15) is 250 Å². The van der Waals surface area contributed by atoms with Gasteiger partial charge in [-0.3, -0.25) is 95.3 Å². The summed E-state index contributed by atoms with van der Waals surface area (Å²) in [5, 5.41) is 25.6. The molecule has 8 N–H and O–H groups in total. The molecule has 0 radical (unpaired) electrons. The zero-order valence-electron chi connectivity index (χ0n) is 83.0. The number of ether oxygens (including phenoxy) is 18. The molecule has 0 aromatic rings. The molecule has 3 aliphatic heterocycles. The van der Waals surface area contributed by atoms with Crippen molar-refractivity contribution in [3.8, 4) is 0 Å². The Bertz CT molecular complexity index is 3580. The van der Waals surface area contributed by atoms with Crippen molar-refractivity contribution >= 4 is 115 Å². The zero-order chi connectivity index (χ0) is 104. The number of carboxylic acid groups (broad SMARTS) is 1. The molecular formula is C92H151N6O41P. The predicted octanol–water partition coefficient (Wildman–Crippen LogP) is 4.63. The average Bonchev–Trinajstić information content (AvgIpc) is 0.802. The summed E-state index contributed by atoms with van der Waals surface area (Å²) in [4.78, 5) is 234. The fourth-order valence-electron chi connectivity index (χ4n) is 14.8. The van der Waals surface area contributed by atoms with Gasteiger partial charge in [0.05, 0.1) is 52.9 Å². The van der Waals surface area contributed by atoms with Crippen molar-refractivity contribution < 1.29 is 195 Å². The number of unbranched alkanes of at least 4 members (excludes halogenated alkanes) is 6. The number of esters is 9. The summed E-state index contributed by atoms with van der Waals surface area (Å²) in [6.07, 6.45) is -7.48. The number of hydrogen-bond acceptors (Lipinski definition) is 39. The number of ketones is 2. The standard InChI is InChI=1S/C92H151N6O41P/c1-59-83(131-65(7)102)86(134-68(10)105)73(53-126-62(4)99)137-89(59)123-44-20-16-31-76(110)93-38-25-41-96-79(113)35-49-120-56-92(52-72(109)30-24-29-71(108)28-15-23-48-130-140(118,119)129-47-19-13-14-34-82(116)117,57-121-50-36-80(114)97-42-26-39-94-77(111)32-17-21-45-124-90-60(2)84(132-66(8)103)87(135-69(11)106)74(138-90)54-127-63(5)100)58-122-51-37-81(115)98-43-27-40-95-78(112)33-18-22-46-125-91-61(3)85(133-67(9)104)88(136-70(12)107)75(139-91)55-128-64(6)101/h59-61,73-75,83-91H,13-58H2,1-12H3,(H,93,110)(H,94,111)(H,95,112)(H,96,113)(H,97,114)(H,98,115)(H,116,117)(H,118,119)/t59-,60-,61-,73-,74-,75-,83-,84-,85-,86+,87+,88+,89-,90-,91-/m1/s1. The molecule has 0 spiro atoms. The van der Waals surface area contributed by atoms with Gasteiger partial charge < -0.3 is 127 Å².